The zero-order valence-corrected chi connectivity index (χ0v) is 17.2. The molecule has 0 unspecified atom stereocenters. The Morgan fingerprint density at radius 2 is 1.80 bits per heavy atom. The molecule has 156 valence electrons. The lowest BCUT2D eigenvalue weighted by molar-refractivity contribution is -0.141. The zero-order valence-electron chi connectivity index (χ0n) is 15.6. The molecule has 0 bridgehead atoms. The lowest BCUT2D eigenvalue weighted by atomic mass is 10.2. The van der Waals surface area contributed by atoms with Crippen LogP contribution in [0.4, 0.5) is 18.9 Å². The second-order valence-electron chi connectivity index (χ2n) is 6.94. The van der Waals surface area contributed by atoms with Gasteiger partial charge >= 0.3 is 6.18 Å². The van der Waals surface area contributed by atoms with E-state index in [2.05, 4.69) is 10.4 Å². The number of benzene rings is 2. The summed E-state index contributed by atoms with van der Waals surface area (Å²) in [6.45, 7) is -0.341. The fourth-order valence-electron chi connectivity index (χ4n) is 3.10. The molecule has 0 aliphatic heterocycles. The maximum atomic E-state index is 13.2. The second kappa shape index (κ2) is 8.35. The summed E-state index contributed by atoms with van der Waals surface area (Å²) < 4.78 is 40.7. The lowest BCUT2D eigenvalue weighted by Crippen LogP contribution is -2.21. The molecule has 1 N–H and O–H groups in total. The third-order valence-electron chi connectivity index (χ3n) is 4.59. The number of hydrogen-bond donors (Lipinski definition) is 1. The van der Waals surface area contributed by atoms with Crippen molar-refractivity contribution in [1.82, 2.24) is 9.78 Å². The minimum absolute atomic E-state index is 0.0881. The standard InChI is InChI=1S/C21H17ClF3N3OS/c22-18-19(13-10-11-13)28(27-20(18)21(23,24)25)12-17(29)26-15-8-4-5-9-16(15)30-14-6-2-1-3-7-14/h1-9,13H,10-12H2,(H,26,29). The molecule has 3 aromatic rings. The van der Waals surface area contributed by atoms with Crippen LogP contribution in [0, 0.1) is 0 Å². The van der Waals surface area contributed by atoms with E-state index >= 15 is 0 Å². The van der Waals surface area contributed by atoms with Gasteiger partial charge in [-0.15, -0.1) is 0 Å². The summed E-state index contributed by atoms with van der Waals surface area (Å²) in [6, 6.07) is 16.9. The molecule has 4 nitrogen and oxygen atoms in total. The Kier molecular flexibility index (Phi) is 5.79. The van der Waals surface area contributed by atoms with E-state index in [1.807, 2.05) is 42.5 Å². The number of aromatic nitrogens is 2. The van der Waals surface area contributed by atoms with Crippen molar-refractivity contribution in [1.29, 1.82) is 0 Å². The van der Waals surface area contributed by atoms with Gasteiger partial charge in [0.15, 0.2) is 5.69 Å². The Labute approximate surface area is 180 Å². The number of nitrogens with zero attached hydrogens (tertiary/aromatic N) is 2. The van der Waals surface area contributed by atoms with Crippen molar-refractivity contribution in [2.45, 2.75) is 41.3 Å². The third-order valence-corrected chi connectivity index (χ3v) is 6.05. The number of para-hydroxylation sites is 1. The van der Waals surface area contributed by atoms with Crippen LogP contribution in [0.2, 0.25) is 5.02 Å². The summed E-state index contributed by atoms with van der Waals surface area (Å²) in [7, 11) is 0. The highest BCUT2D eigenvalue weighted by Gasteiger charge is 2.42. The van der Waals surface area contributed by atoms with E-state index in [-0.39, 0.29) is 18.2 Å². The minimum Gasteiger partial charge on any atom is -0.323 e. The van der Waals surface area contributed by atoms with Crippen LogP contribution >= 0.6 is 23.4 Å². The fourth-order valence-corrected chi connectivity index (χ4v) is 4.42. The third kappa shape index (κ3) is 4.65. The lowest BCUT2D eigenvalue weighted by Gasteiger charge is -2.12. The number of rotatable bonds is 6. The first-order valence-corrected chi connectivity index (χ1v) is 10.5. The smallest absolute Gasteiger partial charge is 0.323 e. The molecule has 1 aliphatic carbocycles. The molecule has 30 heavy (non-hydrogen) atoms. The highest BCUT2D eigenvalue weighted by molar-refractivity contribution is 7.99. The molecule has 1 heterocycles. The number of anilines is 1. The van der Waals surface area contributed by atoms with Crippen LogP contribution in [0.15, 0.2) is 64.4 Å². The Balaban J connectivity index is 1.54. The van der Waals surface area contributed by atoms with Crippen LogP contribution in [0.1, 0.15) is 30.1 Å². The highest BCUT2D eigenvalue weighted by Crippen LogP contribution is 2.46. The van der Waals surface area contributed by atoms with Gasteiger partial charge in [-0.25, -0.2) is 0 Å². The van der Waals surface area contributed by atoms with Gasteiger partial charge in [-0.1, -0.05) is 53.7 Å². The minimum atomic E-state index is -4.67. The average molecular weight is 452 g/mol. The van der Waals surface area contributed by atoms with E-state index in [4.69, 9.17) is 11.6 Å². The Morgan fingerprint density at radius 1 is 1.13 bits per heavy atom. The molecule has 1 saturated carbocycles. The molecule has 0 spiro atoms. The Hall–Kier alpha value is -2.45. The van der Waals surface area contributed by atoms with E-state index in [9.17, 15) is 18.0 Å². The molecule has 1 fully saturated rings. The Morgan fingerprint density at radius 3 is 2.47 bits per heavy atom. The van der Waals surface area contributed by atoms with Crippen molar-refractivity contribution < 1.29 is 18.0 Å². The SMILES string of the molecule is O=C(Cn1nc(C(F)(F)F)c(Cl)c1C1CC1)Nc1ccccc1Sc1ccccc1. The van der Waals surface area contributed by atoms with E-state index in [0.717, 1.165) is 27.3 Å². The first kappa shape index (κ1) is 20.8. The summed E-state index contributed by atoms with van der Waals surface area (Å²) in [6.07, 6.45) is -3.19. The number of nitrogens with one attached hydrogen (secondary N) is 1. The molecule has 0 radical (unpaired) electrons. The molecule has 9 heteroatoms. The molecule has 1 aliphatic rings. The van der Waals surface area contributed by atoms with Gasteiger partial charge in [0.1, 0.15) is 6.54 Å². The molecule has 2 aromatic carbocycles. The highest BCUT2D eigenvalue weighted by atomic mass is 35.5. The van der Waals surface area contributed by atoms with Gasteiger partial charge in [-0.2, -0.15) is 18.3 Å². The van der Waals surface area contributed by atoms with Crippen LogP contribution in [-0.2, 0) is 17.5 Å². The van der Waals surface area contributed by atoms with Gasteiger partial charge in [0, 0.05) is 15.7 Å². The van der Waals surface area contributed by atoms with Crippen molar-refractivity contribution in [3.63, 3.8) is 0 Å². The van der Waals surface area contributed by atoms with Crippen molar-refractivity contribution in [3.8, 4) is 0 Å². The largest absolute Gasteiger partial charge is 0.436 e. The van der Waals surface area contributed by atoms with Crippen molar-refractivity contribution in [2.24, 2.45) is 0 Å². The topological polar surface area (TPSA) is 46.9 Å². The van der Waals surface area contributed by atoms with Crippen LogP contribution in [0.3, 0.4) is 0 Å². The number of amides is 1. The second-order valence-corrected chi connectivity index (χ2v) is 8.43. The van der Waals surface area contributed by atoms with Gasteiger partial charge in [-0.05, 0) is 37.1 Å². The summed E-state index contributed by atoms with van der Waals surface area (Å²) in [4.78, 5) is 14.5. The molecular formula is C21H17ClF3N3OS. The van der Waals surface area contributed by atoms with Crippen LogP contribution in [-0.4, -0.2) is 15.7 Å². The number of halogens is 4. The van der Waals surface area contributed by atoms with Gasteiger partial charge in [0.05, 0.1) is 16.4 Å². The maximum absolute atomic E-state index is 13.2. The maximum Gasteiger partial charge on any atom is 0.436 e. The molecule has 1 aromatic heterocycles. The van der Waals surface area contributed by atoms with Crippen LogP contribution < -0.4 is 5.32 Å². The zero-order chi connectivity index (χ0) is 21.3. The predicted molar refractivity (Wildman–Crippen MR) is 110 cm³/mol. The van der Waals surface area contributed by atoms with Crippen molar-refractivity contribution >= 4 is 35.0 Å². The first-order valence-electron chi connectivity index (χ1n) is 9.28. The molecule has 0 atom stereocenters. The summed E-state index contributed by atoms with van der Waals surface area (Å²) in [5.74, 6) is -0.555. The van der Waals surface area contributed by atoms with Gasteiger partial charge in [0.25, 0.3) is 0 Å². The Bertz CT molecular complexity index is 1070. The van der Waals surface area contributed by atoms with E-state index < -0.39 is 22.8 Å². The van der Waals surface area contributed by atoms with E-state index in [1.54, 1.807) is 12.1 Å². The fraction of sp³-hybridized carbons (Fsp3) is 0.238. The van der Waals surface area contributed by atoms with Gasteiger partial charge < -0.3 is 5.32 Å². The van der Waals surface area contributed by atoms with E-state index in [0.29, 0.717) is 5.69 Å². The average Bonchev–Trinajstić information content (AvgIpc) is 3.47. The predicted octanol–water partition coefficient (Wildman–Crippen LogP) is 6.22. The molecule has 4 rings (SSSR count). The number of hydrogen-bond acceptors (Lipinski definition) is 3. The number of carbonyl (C=O) groups is 1. The number of carbonyl (C=O) groups excluding carboxylic acids is 1. The quantitative estimate of drug-likeness (QED) is 0.483. The normalized spacial score (nSPS) is 14.0. The molecule has 1 amide bonds. The van der Waals surface area contributed by atoms with E-state index in [1.165, 1.54) is 11.8 Å². The van der Waals surface area contributed by atoms with Crippen molar-refractivity contribution in [3.05, 3.63) is 71.0 Å². The molecular weight excluding hydrogens is 435 g/mol. The monoisotopic (exact) mass is 451 g/mol. The van der Waals surface area contributed by atoms with Gasteiger partial charge in [0.2, 0.25) is 5.91 Å². The van der Waals surface area contributed by atoms with Crippen LogP contribution in [0.25, 0.3) is 0 Å². The first-order chi connectivity index (χ1) is 14.3. The van der Waals surface area contributed by atoms with Gasteiger partial charge in [-0.3, -0.25) is 9.48 Å². The summed E-state index contributed by atoms with van der Waals surface area (Å²) in [5.41, 5.74) is -0.274. The van der Waals surface area contributed by atoms with Crippen LogP contribution in [0.5, 0.6) is 0 Å². The number of alkyl halides is 3. The summed E-state index contributed by atoms with van der Waals surface area (Å²) >= 11 is 7.45. The molecule has 0 saturated heterocycles. The summed E-state index contributed by atoms with van der Waals surface area (Å²) in [5, 5.41) is 5.99. The van der Waals surface area contributed by atoms with Crippen molar-refractivity contribution in [2.75, 3.05) is 5.32 Å².